The lowest BCUT2D eigenvalue weighted by Crippen LogP contribution is -2.31. The maximum atomic E-state index is 6.64. The lowest BCUT2D eigenvalue weighted by Gasteiger charge is -2.27. The molecule has 2 aromatic carbocycles. The van der Waals surface area contributed by atoms with E-state index in [-0.39, 0.29) is 10.0 Å². The summed E-state index contributed by atoms with van der Waals surface area (Å²) < 4.78 is 6.93. The molecule has 2 heterocycles. The molecule has 0 amide bonds. The Morgan fingerprint density at radius 3 is 2.36 bits per heavy atom. The summed E-state index contributed by atoms with van der Waals surface area (Å²) in [6.45, 7) is 0. The zero-order valence-corrected chi connectivity index (χ0v) is 16.5. The maximum absolute atomic E-state index is 6.64. The number of rotatable bonds is 2. The van der Waals surface area contributed by atoms with Gasteiger partial charge in [-0.2, -0.15) is 0 Å². The van der Waals surface area contributed by atoms with Crippen molar-refractivity contribution in [3.05, 3.63) is 94.2 Å². The molecule has 0 bridgehead atoms. The Bertz CT molecular complexity index is 880. The largest absolute Gasteiger partial charge is 0.348 e. The van der Waals surface area contributed by atoms with Crippen molar-refractivity contribution in [3.63, 3.8) is 0 Å². The molecular weight excluding hydrogens is 439 g/mol. The summed E-state index contributed by atoms with van der Waals surface area (Å²) in [5.74, 6) is 6.84. The topological polar surface area (TPSA) is 9.23 Å². The average molecular weight is 456 g/mol. The molecule has 1 unspecified atom stereocenters. The van der Waals surface area contributed by atoms with Gasteiger partial charge in [0.2, 0.25) is 0 Å². The molecule has 3 atom stereocenters. The maximum Gasteiger partial charge on any atom is 0.167 e. The second-order valence-corrected chi connectivity index (χ2v) is 8.53. The molecule has 4 rings (SSSR count). The quantitative estimate of drug-likeness (QED) is 0.263. The van der Waals surface area contributed by atoms with E-state index in [1.165, 1.54) is 4.88 Å². The van der Waals surface area contributed by atoms with Crippen LogP contribution in [0.5, 0.6) is 0 Å². The van der Waals surface area contributed by atoms with Crippen LogP contribution in [-0.2, 0) is 10.3 Å². The van der Waals surface area contributed by atoms with Crippen LogP contribution in [0.2, 0.25) is 0 Å². The van der Waals surface area contributed by atoms with Gasteiger partial charge in [-0.05, 0) is 35.6 Å². The van der Waals surface area contributed by atoms with Gasteiger partial charge >= 0.3 is 0 Å². The van der Waals surface area contributed by atoms with Gasteiger partial charge in [-0.1, -0.05) is 89.0 Å². The molecule has 1 saturated heterocycles. The van der Waals surface area contributed by atoms with E-state index in [9.17, 15) is 0 Å². The van der Waals surface area contributed by atoms with Crippen LogP contribution < -0.4 is 0 Å². The van der Waals surface area contributed by atoms with Gasteiger partial charge in [-0.15, -0.1) is 11.3 Å². The van der Waals surface area contributed by atoms with E-state index in [4.69, 9.17) is 4.74 Å². The van der Waals surface area contributed by atoms with Crippen molar-refractivity contribution in [2.45, 2.75) is 22.1 Å². The molecule has 124 valence electrons. The second-order valence-electron chi connectivity index (χ2n) is 6.04. The van der Waals surface area contributed by atoms with Crippen molar-refractivity contribution in [2.75, 3.05) is 0 Å². The predicted octanol–water partition coefficient (Wildman–Crippen LogP) is 5.96. The van der Waals surface area contributed by atoms with Crippen LogP contribution in [0.4, 0.5) is 0 Å². The van der Waals surface area contributed by atoms with Crippen LogP contribution in [0.1, 0.15) is 28.5 Å². The first-order valence-electron chi connectivity index (χ1n) is 8.27. The highest BCUT2D eigenvalue weighted by Gasteiger charge is 2.48. The van der Waals surface area contributed by atoms with Crippen LogP contribution in [0.3, 0.4) is 0 Å². The van der Waals surface area contributed by atoms with Crippen molar-refractivity contribution in [1.29, 1.82) is 0 Å². The van der Waals surface area contributed by atoms with E-state index in [1.54, 1.807) is 11.3 Å². The van der Waals surface area contributed by atoms with Gasteiger partial charge in [0.25, 0.3) is 0 Å². The Labute approximate surface area is 166 Å². The van der Waals surface area contributed by atoms with Gasteiger partial charge in [-0.25, -0.2) is 0 Å². The number of hydrogen-bond donors (Lipinski definition) is 0. The molecule has 0 spiro atoms. The van der Waals surface area contributed by atoms with Crippen molar-refractivity contribution in [2.24, 2.45) is 0 Å². The van der Waals surface area contributed by atoms with Gasteiger partial charge in [0, 0.05) is 10.4 Å². The Morgan fingerprint density at radius 1 is 0.960 bits per heavy atom. The highest BCUT2D eigenvalue weighted by Crippen LogP contribution is 2.50. The molecule has 0 radical (unpaired) electrons. The molecule has 0 saturated carbocycles. The summed E-state index contributed by atoms with van der Waals surface area (Å²) >= 11 is 4.27. The summed E-state index contributed by atoms with van der Waals surface area (Å²) in [4.78, 5) is 1.28. The molecule has 0 N–H and O–H groups in total. The SMILES string of the molecule is I[C@@H]1CC(c2cccs2)O[C@@]1(C#Cc1ccccc1)c1ccccc1. The standard InChI is InChI=1S/C22H17IOS/c23-21-16-19(20-12-7-15-25-20)24-22(21,18-10-5-2-6-11-18)14-13-17-8-3-1-4-9-17/h1-12,15,19,21H,16H2/t19?,21-,22+/m1/s1. The minimum atomic E-state index is -0.577. The second kappa shape index (κ2) is 7.33. The van der Waals surface area contributed by atoms with Crippen LogP contribution in [0.15, 0.2) is 78.2 Å². The number of hydrogen-bond acceptors (Lipinski definition) is 2. The van der Waals surface area contributed by atoms with E-state index in [0.717, 1.165) is 17.5 Å². The molecule has 1 aliphatic heterocycles. The Kier molecular flexibility index (Phi) is 4.93. The van der Waals surface area contributed by atoms with Gasteiger partial charge in [0.05, 0.1) is 10.0 Å². The number of benzene rings is 2. The third kappa shape index (κ3) is 3.39. The van der Waals surface area contributed by atoms with Crippen molar-refractivity contribution < 1.29 is 4.74 Å². The van der Waals surface area contributed by atoms with Gasteiger partial charge in [0.1, 0.15) is 0 Å². The molecular formula is C22H17IOS. The number of ether oxygens (including phenoxy) is 1. The third-order valence-corrected chi connectivity index (χ3v) is 6.77. The normalized spacial score (nSPS) is 25.3. The van der Waals surface area contributed by atoms with Crippen LogP contribution in [-0.4, -0.2) is 3.92 Å². The van der Waals surface area contributed by atoms with Gasteiger partial charge in [-0.3, -0.25) is 0 Å². The highest BCUT2D eigenvalue weighted by molar-refractivity contribution is 14.1. The molecule has 3 aromatic rings. The monoisotopic (exact) mass is 456 g/mol. The molecule has 25 heavy (non-hydrogen) atoms. The summed E-state index contributed by atoms with van der Waals surface area (Å²) in [5.41, 5.74) is 1.58. The van der Waals surface area contributed by atoms with Crippen molar-refractivity contribution in [3.8, 4) is 11.8 Å². The highest BCUT2D eigenvalue weighted by atomic mass is 127. The zero-order chi connectivity index (χ0) is 17.1. The Hall–Kier alpha value is -1.61. The summed E-state index contributed by atoms with van der Waals surface area (Å²) in [6.07, 6.45) is 1.08. The molecule has 3 heteroatoms. The molecule has 0 aliphatic carbocycles. The summed E-state index contributed by atoms with van der Waals surface area (Å²) in [7, 11) is 0. The first-order chi connectivity index (χ1) is 12.3. The smallest absolute Gasteiger partial charge is 0.167 e. The number of alkyl halides is 1. The fourth-order valence-electron chi connectivity index (χ4n) is 3.15. The van der Waals surface area contributed by atoms with Gasteiger partial charge in [0.15, 0.2) is 5.60 Å². The van der Waals surface area contributed by atoms with E-state index in [1.807, 2.05) is 36.4 Å². The lowest BCUT2D eigenvalue weighted by atomic mass is 9.90. The van der Waals surface area contributed by atoms with Gasteiger partial charge < -0.3 is 4.74 Å². The fraction of sp³-hybridized carbons (Fsp3) is 0.182. The van der Waals surface area contributed by atoms with Crippen LogP contribution >= 0.6 is 33.9 Å². The van der Waals surface area contributed by atoms with E-state index >= 15 is 0 Å². The minimum Gasteiger partial charge on any atom is -0.348 e. The Balaban J connectivity index is 1.77. The van der Waals surface area contributed by atoms with Crippen molar-refractivity contribution >= 4 is 33.9 Å². The fourth-order valence-corrected chi connectivity index (χ4v) is 5.04. The molecule has 1 fully saturated rings. The first-order valence-corrected chi connectivity index (χ1v) is 10.4. The van der Waals surface area contributed by atoms with Crippen LogP contribution in [0.25, 0.3) is 0 Å². The minimum absolute atomic E-state index is 0.104. The van der Waals surface area contributed by atoms with E-state index in [2.05, 4.69) is 76.2 Å². The first kappa shape index (κ1) is 16.8. The zero-order valence-electron chi connectivity index (χ0n) is 13.6. The summed E-state index contributed by atoms with van der Waals surface area (Å²) in [5, 5.41) is 2.11. The molecule has 1 aromatic heterocycles. The average Bonchev–Trinajstić information content (AvgIpc) is 3.30. The molecule has 1 aliphatic rings. The van der Waals surface area contributed by atoms with E-state index < -0.39 is 5.60 Å². The Morgan fingerprint density at radius 2 is 1.68 bits per heavy atom. The number of halogens is 1. The summed E-state index contributed by atoms with van der Waals surface area (Å²) in [6, 6.07) is 24.8. The van der Waals surface area contributed by atoms with E-state index in [0.29, 0.717) is 0 Å². The van der Waals surface area contributed by atoms with Crippen LogP contribution in [0, 0.1) is 11.8 Å². The lowest BCUT2D eigenvalue weighted by molar-refractivity contribution is -0.000728. The van der Waals surface area contributed by atoms with Crippen molar-refractivity contribution in [1.82, 2.24) is 0 Å². The predicted molar refractivity (Wildman–Crippen MR) is 112 cm³/mol. The third-order valence-electron chi connectivity index (χ3n) is 4.42. The molecule has 1 nitrogen and oxygen atoms in total. The number of thiophene rings is 1.